The Morgan fingerprint density at radius 2 is 1.76 bits per heavy atom. The van der Waals surface area contributed by atoms with Crippen LogP contribution in [0.4, 0.5) is 0 Å². The zero-order valence-corrected chi connectivity index (χ0v) is 21.1. The second-order valence-corrected chi connectivity index (χ2v) is 9.86. The van der Waals surface area contributed by atoms with Gasteiger partial charge >= 0.3 is 11.9 Å². The van der Waals surface area contributed by atoms with E-state index in [0.717, 1.165) is 51.0 Å². The molecule has 4 aromatic rings. The van der Waals surface area contributed by atoms with Crippen molar-refractivity contribution in [1.29, 1.82) is 0 Å². The van der Waals surface area contributed by atoms with Gasteiger partial charge in [0.2, 0.25) is 0 Å². The number of aromatic nitrogens is 1. The molecule has 2 aliphatic heterocycles. The van der Waals surface area contributed by atoms with Crippen molar-refractivity contribution in [3.8, 4) is 17.4 Å². The number of rotatable bonds is 6. The van der Waals surface area contributed by atoms with Gasteiger partial charge < -0.3 is 18.7 Å². The summed E-state index contributed by atoms with van der Waals surface area (Å²) < 4.78 is 22.3. The maximum atomic E-state index is 12.2. The molecule has 1 saturated heterocycles. The molecule has 0 radical (unpaired) electrons. The summed E-state index contributed by atoms with van der Waals surface area (Å²) in [6.45, 7) is 5.24. The van der Waals surface area contributed by atoms with E-state index in [-0.39, 0.29) is 17.4 Å². The van der Waals surface area contributed by atoms with Gasteiger partial charge in [-0.05, 0) is 66.7 Å². The van der Waals surface area contributed by atoms with Crippen LogP contribution in [0.15, 0.2) is 65.2 Å². The van der Waals surface area contributed by atoms with E-state index in [1.807, 2.05) is 0 Å². The second kappa shape index (κ2) is 10.3. The van der Waals surface area contributed by atoms with Crippen LogP contribution in [0.25, 0.3) is 21.7 Å². The van der Waals surface area contributed by atoms with Gasteiger partial charge in [-0.2, -0.15) is 0 Å². The maximum Gasteiger partial charge on any atom is 0.336 e. The fraction of sp³-hybridized carbons (Fsp3) is 0.300. The normalized spacial score (nSPS) is 17.5. The molecule has 0 unspecified atom stereocenters. The maximum absolute atomic E-state index is 12.2. The highest BCUT2D eigenvalue weighted by Gasteiger charge is 2.25. The standard InChI is InChI=1S/C30H28N2O6/c1-19-24-17-25-28(29(19)37-27(34)10-9-26(33)36-24)30(31-38-25)35-16-13-20-11-14-32(15-12-20)18-22-7-4-6-21-5-2-3-8-23(21)22/h2-10,17,20H,11-16,18H2,1H3/b10-9+. The van der Waals surface area contributed by atoms with Crippen LogP contribution in [0.5, 0.6) is 17.4 Å². The predicted octanol–water partition coefficient (Wildman–Crippen LogP) is 5.35. The van der Waals surface area contributed by atoms with Crippen LogP contribution in [0, 0.1) is 12.8 Å². The van der Waals surface area contributed by atoms with Gasteiger partial charge in [0.1, 0.15) is 11.1 Å². The number of esters is 2. The van der Waals surface area contributed by atoms with Gasteiger partial charge in [-0.15, -0.1) is 0 Å². The van der Waals surface area contributed by atoms with E-state index in [0.29, 0.717) is 29.1 Å². The Hall–Kier alpha value is -4.17. The molecule has 3 heterocycles. The molecule has 0 amide bonds. The largest absolute Gasteiger partial charge is 0.475 e. The van der Waals surface area contributed by atoms with Gasteiger partial charge in [0, 0.05) is 30.3 Å². The number of piperidine rings is 1. The highest BCUT2D eigenvalue weighted by atomic mass is 16.6. The first-order valence-electron chi connectivity index (χ1n) is 12.9. The zero-order chi connectivity index (χ0) is 26.1. The molecule has 0 spiro atoms. The number of fused-ring (bicyclic) bond motifs is 5. The summed E-state index contributed by atoms with van der Waals surface area (Å²) in [4.78, 5) is 26.6. The molecule has 0 atom stereocenters. The van der Waals surface area contributed by atoms with Crippen molar-refractivity contribution >= 4 is 33.7 Å². The highest BCUT2D eigenvalue weighted by Crippen LogP contribution is 2.42. The first-order chi connectivity index (χ1) is 18.5. The van der Waals surface area contributed by atoms with Gasteiger partial charge in [-0.3, -0.25) is 4.90 Å². The van der Waals surface area contributed by atoms with Gasteiger partial charge in [0.05, 0.1) is 6.61 Å². The van der Waals surface area contributed by atoms with Crippen molar-refractivity contribution in [3.05, 3.63) is 71.8 Å². The lowest BCUT2D eigenvalue weighted by atomic mass is 9.93. The monoisotopic (exact) mass is 512 g/mol. The van der Waals surface area contributed by atoms with E-state index in [1.165, 1.54) is 16.3 Å². The smallest absolute Gasteiger partial charge is 0.336 e. The van der Waals surface area contributed by atoms with E-state index >= 15 is 0 Å². The van der Waals surface area contributed by atoms with Crippen LogP contribution in [0.1, 0.15) is 30.4 Å². The van der Waals surface area contributed by atoms with Crippen molar-refractivity contribution in [2.24, 2.45) is 5.92 Å². The third-order valence-electron chi connectivity index (χ3n) is 7.40. The number of likely N-dealkylation sites (tertiary alicyclic amines) is 1. The van der Waals surface area contributed by atoms with Crippen LogP contribution >= 0.6 is 0 Å². The Morgan fingerprint density at radius 1 is 1.00 bits per heavy atom. The Balaban J connectivity index is 1.08. The third kappa shape index (κ3) is 4.87. The minimum Gasteiger partial charge on any atom is -0.475 e. The molecule has 6 rings (SSSR count). The molecule has 0 saturated carbocycles. The Labute approximate surface area is 219 Å². The molecule has 38 heavy (non-hydrogen) atoms. The summed E-state index contributed by atoms with van der Waals surface area (Å²) in [6, 6.07) is 16.6. The van der Waals surface area contributed by atoms with Crippen LogP contribution in [0.2, 0.25) is 0 Å². The number of nitrogens with zero attached hydrogens (tertiary/aromatic N) is 2. The Kier molecular flexibility index (Phi) is 6.55. The molecule has 8 heteroatoms. The predicted molar refractivity (Wildman–Crippen MR) is 141 cm³/mol. The topological polar surface area (TPSA) is 91.1 Å². The minimum atomic E-state index is -0.687. The van der Waals surface area contributed by atoms with Crippen molar-refractivity contribution < 1.29 is 28.3 Å². The number of carbonyl (C=O) groups excluding carboxylic acids is 2. The summed E-state index contributed by atoms with van der Waals surface area (Å²) >= 11 is 0. The Bertz CT molecular complexity index is 1540. The first kappa shape index (κ1) is 24.2. The molecule has 0 N–H and O–H groups in total. The molecule has 1 fully saturated rings. The van der Waals surface area contributed by atoms with Gasteiger partial charge in [-0.25, -0.2) is 9.59 Å². The van der Waals surface area contributed by atoms with Crippen molar-refractivity contribution in [1.82, 2.24) is 10.1 Å². The fourth-order valence-electron chi connectivity index (χ4n) is 5.29. The summed E-state index contributed by atoms with van der Waals surface area (Å²) in [7, 11) is 0. The average molecular weight is 513 g/mol. The van der Waals surface area contributed by atoms with E-state index in [2.05, 4.69) is 52.5 Å². The van der Waals surface area contributed by atoms with Crippen molar-refractivity contribution in [2.75, 3.05) is 19.7 Å². The van der Waals surface area contributed by atoms with Gasteiger partial charge in [0.25, 0.3) is 5.88 Å². The van der Waals surface area contributed by atoms with Gasteiger partial charge in [0.15, 0.2) is 11.3 Å². The van der Waals surface area contributed by atoms with E-state index in [9.17, 15) is 9.59 Å². The molecule has 2 aliphatic rings. The zero-order valence-electron chi connectivity index (χ0n) is 21.1. The summed E-state index contributed by atoms with van der Waals surface area (Å²) in [5.41, 5.74) is 2.19. The summed E-state index contributed by atoms with van der Waals surface area (Å²) in [6.07, 6.45) is 5.17. The minimum absolute atomic E-state index is 0.222. The lowest BCUT2D eigenvalue weighted by Crippen LogP contribution is -2.33. The number of hydrogen-bond donors (Lipinski definition) is 0. The SMILES string of the molecule is Cc1c2cc3onc(OCCC4CCN(Cc5cccc6ccccc56)CC4)c3c1OC(=O)/C=C/C(=O)O2. The number of benzene rings is 3. The first-order valence-corrected chi connectivity index (χ1v) is 12.9. The highest BCUT2D eigenvalue weighted by molar-refractivity contribution is 5.99. The number of hydrogen-bond acceptors (Lipinski definition) is 8. The molecular weight excluding hydrogens is 484 g/mol. The molecule has 0 aliphatic carbocycles. The third-order valence-corrected chi connectivity index (χ3v) is 7.40. The quantitative estimate of drug-likeness (QED) is 0.252. The number of ether oxygens (including phenoxy) is 3. The van der Waals surface area contributed by atoms with Crippen LogP contribution < -0.4 is 14.2 Å². The molecule has 3 aromatic carbocycles. The molecular formula is C30H28N2O6. The average Bonchev–Trinajstić information content (AvgIpc) is 3.33. The van der Waals surface area contributed by atoms with E-state index in [4.69, 9.17) is 18.7 Å². The van der Waals surface area contributed by atoms with Gasteiger partial charge in [-0.1, -0.05) is 42.5 Å². The van der Waals surface area contributed by atoms with Crippen LogP contribution in [0.3, 0.4) is 0 Å². The summed E-state index contributed by atoms with van der Waals surface area (Å²) in [5, 5.41) is 7.12. The molecule has 2 bridgehead atoms. The number of carbonyl (C=O) groups is 2. The van der Waals surface area contributed by atoms with Crippen molar-refractivity contribution in [3.63, 3.8) is 0 Å². The van der Waals surface area contributed by atoms with E-state index in [1.54, 1.807) is 13.0 Å². The van der Waals surface area contributed by atoms with Crippen molar-refractivity contribution in [2.45, 2.75) is 32.7 Å². The van der Waals surface area contributed by atoms with Crippen LogP contribution in [-0.2, 0) is 16.1 Å². The Morgan fingerprint density at radius 3 is 2.61 bits per heavy atom. The lowest BCUT2D eigenvalue weighted by molar-refractivity contribution is -0.131. The summed E-state index contributed by atoms with van der Waals surface area (Å²) in [5.74, 6) is -0.0690. The molecule has 8 nitrogen and oxygen atoms in total. The molecule has 194 valence electrons. The lowest BCUT2D eigenvalue weighted by Gasteiger charge is -2.32. The fourth-order valence-corrected chi connectivity index (χ4v) is 5.29. The second-order valence-electron chi connectivity index (χ2n) is 9.86. The van der Waals surface area contributed by atoms with E-state index < -0.39 is 11.9 Å². The molecule has 1 aromatic heterocycles. The van der Waals surface area contributed by atoms with Crippen LogP contribution in [-0.4, -0.2) is 41.7 Å².